The largest absolute Gasteiger partial charge is 0.302 e. The molecule has 0 bridgehead atoms. The third-order valence-corrected chi connectivity index (χ3v) is 2.26. The highest BCUT2D eigenvalue weighted by atomic mass is 79.9. The van der Waals surface area contributed by atoms with Gasteiger partial charge in [0.1, 0.15) is 10.7 Å². The van der Waals surface area contributed by atoms with Gasteiger partial charge in [-0.3, -0.25) is 0 Å². The third kappa shape index (κ3) is 2.08. The quantitative estimate of drug-likeness (QED) is 0.762. The maximum Gasteiger partial charge on any atom is 0.189 e. The summed E-state index contributed by atoms with van der Waals surface area (Å²) in [5, 5.41) is 0. The molecular formula is C6H4BrFO2S. The van der Waals surface area contributed by atoms with E-state index in [0.29, 0.717) is 4.47 Å². The van der Waals surface area contributed by atoms with Gasteiger partial charge in [-0.25, -0.2) is 8.60 Å². The van der Waals surface area contributed by atoms with Gasteiger partial charge < -0.3 is 4.55 Å². The van der Waals surface area contributed by atoms with E-state index in [1.54, 1.807) is 0 Å². The lowest BCUT2D eigenvalue weighted by Gasteiger charge is -1.96. The lowest BCUT2D eigenvalue weighted by molar-refractivity contribution is 0.544. The first-order chi connectivity index (χ1) is 5.11. The molecule has 0 aromatic heterocycles. The van der Waals surface area contributed by atoms with Gasteiger partial charge in [-0.1, -0.05) is 15.9 Å². The molecule has 1 aromatic rings. The number of benzene rings is 1. The van der Waals surface area contributed by atoms with Gasteiger partial charge >= 0.3 is 0 Å². The van der Waals surface area contributed by atoms with Crippen LogP contribution >= 0.6 is 15.9 Å². The molecule has 11 heavy (non-hydrogen) atoms. The van der Waals surface area contributed by atoms with Crippen LogP contribution in [0.2, 0.25) is 0 Å². The first kappa shape index (κ1) is 8.83. The minimum absolute atomic E-state index is 0.209. The average molecular weight is 239 g/mol. The Bertz CT molecular complexity index is 303. The molecule has 0 spiro atoms. The van der Waals surface area contributed by atoms with E-state index < -0.39 is 16.9 Å². The van der Waals surface area contributed by atoms with Crippen molar-refractivity contribution in [2.75, 3.05) is 0 Å². The van der Waals surface area contributed by atoms with Gasteiger partial charge in [0.15, 0.2) is 11.1 Å². The summed E-state index contributed by atoms with van der Waals surface area (Å²) in [6, 6.07) is 3.87. The van der Waals surface area contributed by atoms with E-state index in [1.807, 2.05) is 0 Å². The van der Waals surface area contributed by atoms with Crippen molar-refractivity contribution in [3.63, 3.8) is 0 Å². The Morgan fingerprint density at radius 1 is 1.55 bits per heavy atom. The van der Waals surface area contributed by atoms with Crippen molar-refractivity contribution in [3.05, 3.63) is 28.5 Å². The Balaban J connectivity index is 3.23. The number of hydrogen-bond acceptors (Lipinski definition) is 1. The maximum absolute atomic E-state index is 12.6. The minimum Gasteiger partial charge on any atom is -0.302 e. The standard InChI is InChI=1S/C6H4BrFO2S/c7-4-1-2-5(8)6(3-4)11(9)10/h1-3H,(H,9,10). The summed E-state index contributed by atoms with van der Waals surface area (Å²) >= 11 is 0.797. The lowest BCUT2D eigenvalue weighted by Crippen LogP contribution is -1.92. The smallest absolute Gasteiger partial charge is 0.189 e. The molecule has 0 saturated heterocycles. The first-order valence-electron chi connectivity index (χ1n) is 2.67. The Kier molecular flexibility index (Phi) is 2.75. The van der Waals surface area contributed by atoms with Gasteiger partial charge in [-0.2, -0.15) is 0 Å². The van der Waals surface area contributed by atoms with E-state index in [0.717, 1.165) is 6.07 Å². The molecule has 1 rings (SSSR count). The normalized spacial score (nSPS) is 13.0. The zero-order valence-corrected chi connectivity index (χ0v) is 7.65. The third-order valence-electron chi connectivity index (χ3n) is 1.08. The van der Waals surface area contributed by atoms with E-state index >= 15 is 0 Å². The Labute approximate surface area is 73.8 Å². The second-order valence-electron chi connectivity index (χ2n) is 1.82. The van der Waals surface area contributed by atoms with Crippen LogP contribution in [-0.2, 0) is 11.1 Å². The molecule has 1 aromatic carbocycles. The number of halogens is 2. The predicted octanol–water partition coefficient (Wildman–Crippen LogP) is 2.17. The first-order valence-corrected chi connectivity index (χ1v) is 4.57. The summed E-state index contributed by atoms with van der Waals surface area (Å²) in [4.78, 5) is -0.209. The fourth-order valence-corrected chi connectivity index (χ4v) is 1.59. The van der Waals surface area contributed by atoms with Crippen molar-refractivity contribution in [1.29, 1.82) is 0 Å². The van der Waals surface area contributed by atoms with Crippen molar-refractivity contribution in [1.82, 2.24) is 0 Å². The zero-order chi connectivity index (χ0) is 8.43. The molecule has 0 saturated carbocycles. The number of rotatable bonds is 1. The monoisotopic (exact) mass is 238 g/mol. The van der Waals surface area contributed by atoms with Crippen molar-refractivity contribution in [2.45, 2.75) is 4.90 Å². The summed E-state index contributed by atoms with van der Waals surface area (Å²) in [7, 11) is 0. The van der Waals surface area contributed by atoms with E-state index in [9.17, 15) is 8.60 Å². The molecule has 2 nitrogen and oxygen atoms in total. The SMILES string of the molecule is O=S(O)c1cc(Br)ccc1F. The van der Waals surface area contributed by atoms with E-state index in [4.69, 9.17) is 4.55 Å². The summed E-state index contributed by atoms with van der Waals surface area (Å²) in [6.45, 7) is 0. The van der Waals surface area contributed by atoms with Crippen LogP contribution in [0.4, 0.5) is 4.39 Å². The molecule has 0 aliphatic carbocycles. The highest BCUT2D eigenvalue weighted by molar-refractivity contribution is 9.10. The molecule has 1 unspecified atom stereocenters. The Hall–Kier alpha value is -0.260. The zero-order valence-electron chi connectivity index (χ0n) is 5.25. The maximum atomic E-state index is 12.6. The minimum atomic E-state index is -2.26. The Morgan fingerprint density at radius 2 is 2.18 bits per heavy atom. The average Bonchev–Trinajstić information content (AvgIpc) is 1.94. The second-order valence-corrected chi connectivity index (χ2v) is 3.68. The number of hydrogen-bond donors (Lipinski definition) is 1. The molecule has 0 radical (unpaired) electrons. The summed E-state index contributed by atoms with van der Waals surface area (Å²) in [5.41, 5.74) is 0. The van der Waals surface area contributed by atoms with Crippen LogP contribution in [0, 0.1) is 5.82 Å². The predicted molar refractivity (Wildman–Crippen MR) is 43.1 cm³/mol. The second kappa shape index (κ2) is 3.42. The molecule has 0 fully saturated rings. The summed E-state index contributed by atoms with van der Waals surface area (Å²) < 4.78 is 32.2. The van der Waals surface area contributed by atoms with E-state index in [2.05, 4.69) is 15.9 Å². The van der Waals surface area contributed by atoms with Gasteiger partial charge in [0, 0.05) is 4.47 Å². The lowest BCUT2D eigenvalue weighted by atomic mass is 10.3. The Morgan fingerprint density at radius 3 is 2.64 bits per heavy atom. The van der Waals surface area contributed by atoms with Crippen molar-refractivity contribution >= 4 is 27.0 Å². The molecule has 0 aliphatic rings. The molecule has 0 heterocycles. The van der Waals surface area contributed by atoms with Gasteiger partial charge in [0.25, 0.3) is 0 Å². The fourth-order valence-electron chi connectivity index (χ4n) is 0.611. The topological polar surface area (TPSA) is 37.3 Å². The van der Waals surface area contributed by atoms with Crippen molar-refractivity contribution in [2.24, 2.45) is 0 Å². The van der Waals surface area contributed by atoms with Gasteiger partial charge in [0.2, 0.25) is 0 Å². The highest BCUT2D eigenvalue weighted by Gasteiger charge is 2.06. The van der Waals surface area contributed by atoms with E-state index in [1.165, 1.54) is 12.1 Å². The van der Waals surface area contributed by atoms with Crippen molar-refractivity contribution in [3.8, 4) is 0 Å². The van der Waals surface area contributed by atoms with Gasteiger partial charge in [-0.15, -0.1) is 0 Å². The molecule has 5 heteroatoms. The van der Waals surface area contributed by atoms with Crippen LogP contribution in [0.15, 0.2) is 27.6 Å². The van der Waals surface area contributed by atoms with Gasteiger partial charge in [-0.05, 0) is 18.2 Å². The molecular weight excluding hydrogens is 235 g/mol. The van der Waals surface area contributed by atoms with Crippen LogP contribution in [-0.4, -0.2) is 8.76 Å². The molecule has 1 N–H and O–H groups in total. The molecule has 0 aliphatic heterocycles. The molecule has 1 atom stereocenters. The van der Waals surface area contributed by atoms with Gasteiger partial charge in [0.05, 0.1) is 0 Å². The van der Waals surface area contributed by atoms with Crippen LogP contribution in [0.3, 0.4) is 0 Å². The van der Waals surface area contributed by atoms with E-state index in [-0.39, 0.29) is 4.90 Å². The van der Waals surface area contributed by atoms with Crippen molar-refractivity contribution < 1.29 is 13.2 Å². The molecule has 0 amide bonds. The van der Waals surface area contributed by atoms with Crippen LogP contribution in [0.1, 0.15) is 0 Å². The summed E-state index contributed by atoms with van der Waals surface area (Å²) in [5.74, 6) is -0.672. The van der Waals surface area contributed by atoms with Crippen LogP contribution < -0.4 is 0 Å². The fraction of sp³-hybridized carbons (Fsp3) is 0. The highest BCUT2D eigenvalue weighted by Crippen LogP contribution is 2.17. The molecule has 60 valence electrons. The van der Waals surface area contributed by atoms with Crippen LogP contribution in [0.25, 0.3) is 0 Å². The summed E-state index contributed by atoms with van der Waals surface area (Å²) in [6.07, 6.45) is 0. The van der Waals surface area contributed by atoms with Crippen LogP contribution in [0.5, 0.6) is 0 Å².